The minimum absolute atomic E-state index is 0.0158. The van der Waals surface area contributed by atoms with Crippen molar-refractivity contribution in [1.29, 1.82) is 0 Å². The molecule has 18 heavy (non-hydrogen) atoms. The van der Waals surface area contributed by atoms with Gasteiger partial charge in [0, 0.05) is 18.3 Å². The molecule has 0 radical (unpaired) electrons. The van der Waals surface area contributed by atoms with Gasteiger partial charge in [-0.1, -0.05) is 11.6 Å². The maximum absolute atomic E-state index is 12.5. The Morgan fingerprint density at radius 3 is 2.72 bits per heavy atom. The number of rotatable bonds is 2. The Balaban J connectivity index is 2.20. The zero-order valence-corrected chi connectivity index (χ0v) is 10.5. The zero-order valence-electron chi connectivity index (χ0n) is 9.74. The van der Waals surface area contributed by atoms with Crippen LogP contribution in [-0.2, 0) is 6.18 Å². The number of pyridine rings is 1. The van der Waals surface area contributed by atoms with Crippen LogP contribution >= 0.6 is 11.6 Å². The van der Waals surface area contributed by atoms with Gasteiger partial charge in [0.1, 0.15) is 5.82 Å². The fourth-order valence-corrected chi connectivity index (χ4v) is 2.11. The number of anilines is 1. The van der Waals surface area contributed by atoms with Crippen LogP contribution in [0.2, 0.25) is 5.02 Å². The normalized spacial score (nSPS) is 24.3. The molecule has 0 spiro atoms. The lowest BCUT2D eigenvalue weighted by molar-refractivity contribution is -0.137. The lowest BCUT2D eigenvalue weighted by Crippen LogP contribution is -2.37. The van der Waals surface area contributed by atoms with Gasteiger partial charge in [0.05, 0.1) is 10.6 Å². The molecule has 0 bridgehead atoms. The van der Waals surface area contributed by atoms with Crippen molar-refractivity contribution in [2.24, 2.45) is 0 Å². The van der Waals surface area contributed by atoms with E-state index in [4.69, 9.17) is 11.6 Å². The Morgan fingerprint density at radius 1 is 1.50 bits per heavy atom. The van der Waals surface area contributed by atoms with E-state index in [1.165, 1.54) is 0 Å². The quantitative estimate of drug-likeness (QED) is 0.874. The summed E-state index contributed by atoms with van der Waals surface area (Å²) >= 11 is 5.83. The van der Waals surface area contributed by atoms with Crippen molar-refractivity contribution in [3.63, 3.8) is 0 Å². The van der Waals surface area contributed by atoms with E-state index in [-0.39, 0.29) is 16.4 Å². The molecule has 2 rings (SSSR count). The summed E-state index contributed by atoms with van der Waals surface area (Å²) in [6.07, 6.45) is -2.76. The van der Waals surface area contributed by atoms with Crippen molar-refractivity contribution in [1.82, 2.24) is 10.3 Å². The standard InChI is InChI=1S/C11H13ClF3N3/c1-10(2-3-16-6-10)18-9-8(12)4-7(5-17-9)11(13,14)15/h4-5,16H,2-3,6H2,1H3,(H,17,18). The highest BCUT2D eigenvalue weighted by atomic mass is 35.5. The van der Waals surface area contributed by atoms with E-state index in [9.17, 15) is 13.2 Å². The summed E-state index contributed by atoms with van der Waals surface area (Å²) in [5.41, 5.74) is -1.07. The molecule has 0 amide bonds. The summed E-state index contributed by atoms with van der Waals surface area (Å²) in [5, 5.41) is 6.25. The molecule has 100 valence electrons. The number of halogens is 4. The van der Waals surface area contributed by atoms with Crippen LogP contribution in [0.3, 0.4) is 0 Å². The number of nitrogens with one attached hydrogen (secondary N) is 2. The van der Waals surface area contributed by atoms with E-state index in [2.05, 4.69) is 15.6 Å². The number of hydrogen-bond donors (Lipinski definition) is 2. The second kappa shape index (κ2) is 4.59. The lowest BCUT2D eigenvalue weighted by atomic mass is 10.0. The molecule has 1 saturated heterocycles. The first-order valence-electron chi connectivity index (χ1n) is 5.52. The zero-order chi connectivity index (χ0) is 13.4. The number of nitrogens with zero attached hydrogens (tertiary/aromatic N) is 1. The smallest absolute Gasteiger partial charge is 0.362 e. The Hall–Kier alpha value is -1.01. The van der Waals surface area contributed by atoms with Crippen LogP contribution in [-0.4, -0.2) is 23.6 Å². The minimum Gasteiger partial charge on any atom is -0.362 e. The van der Waals surface area contributed by atoms with Gasteiger partial charge in [0.15, 0.2) is 0 Å². The fraction of sp³-hybridized carbons (Fsp3) is 0.545. The van der Waals surface area contributed by atoms with Gasteiger partial charge >= 0.3 is 6.18 Å². The van der Waals surface area contributed by atoms with Gasteiger partial charge in [-0.15, -0.1) is 0 Å². The molecule has 1 atom stereocenters. The first kappa shape index (κ1) is 13.4. The minimum atomic E-state index is -4.42. The van der Waals surface area contributed by atoms with E-state index in [0.29, 0.717) is 0 Å². The molecule has 3 nitrogen and oxygen atoms in total. The topological polar surface area (TPSA) is 37.0 Å². The number of alkyl halides is 3. The van der Waals surface area contributed by atoms with Gasteiger partial charge in [-0.25, -0.2) is 4.98 Å². The second-order valence-corrected chi connectivity index (χ2v) is 5.07. The summed E-state index contributed by atoms with van der Waals surface area (Å²) in [6, 6.07) is 0.891. The summed E-state index contributed by atoms with van der Waals surface area (Å²) in [7, 11) is 0. The van der Waals surface area contributed by atoms with E-state index < -0.39 is 11.7 Å². The molecule has 0 aromatic carbocycles. The van der Waals surface area contributed by atoms with Crippen molar-refractivity contribution < 1.29 is 13.2 Å². The maximum atomic E-state index is 12.5. The van der Waals surface area contributed by atoms with E-state index >= 15 is 0 Å². The lowest BCUT2D eigenvalue weighted by Gasteiger charge is -2.25. The number of hydrogen-bond acceptors (Lipinski definition) is 3. The van der Waals surface area contributed by atoms with Crippen LogP contribution in [0.5, 0.6) is 0 Å². The van der Waals surface area contributed by atoms with Crippen LogP contribution in [0.1, 0.15) is 18.9 Å². The summed E-state index contributed by atoms with van der Waals surface area (Å²) < 4.78 is 37.4. The Kier molecular flexibility index (Phi) is 3.42. The van der Waals surface area contributed by atoms with Crippen molar-refractivity contribution in [3.8, 4) is 0 Å². The maximum Gasteiger partial charge on any atom is 0.417 e. The molecule has 1 aliphatic rings. The molecule has 1 aromatic heterocycles. The van der Waals surface area contributed by atoms with Crippen LogP contribution in [0.25, 0.3) is 0 Å². The SMILES string of the molecule is CC1(Nc2ncc(C(F)(F)F)cc2Cl)CCNC1. The van der Waals surface area contributed by atoms with Crippen LogP contribution < -0.4 is 10.6 Å². The number of aromatic nitrogens is 1. The van der Waals surface area contributed by atoms with Crippen molar-refractivity contribution in [2.75, 3.05) is 18.4 Å². The fourth-order valence-electron chi connectivity index (χ4n) is 1.89. The van der Waals surface area contributed by atoms with Crippen molar-refractivity contribution >= 4 is 17.4 Å². The average molecular weight is 280 g/mol. The first-order chi connectivity index (χ1) is 8.30. The monoisotopic (exact) mass is 279 g/mol. The molecule has 1 unspecified atom stereocenters. The van der Waals surface area contributed by atoms with Crippen molar-refractivity contribution in [3.05, 3.63) is 22.8 Å². The summed E-state index contributed by atoms with van der Waals surface area (Å²) in [4.78, 5) is 3.76. The van der Waals surface area contributed by atoms with Gasteiger partial charge in [0.25, 0.3) is 0 Å². The Morgan fingerprint density at radius 2 is 2.22 bits per heavy atom. The second-order valence-electron chi connectivity index (χ2n) is 4.66. The predicted octanol–water partition coefficient (Wildman–Crippen LogP) is 2.92. The highest BCUT2D eigenvalue weighted by Crippen LogP contribution is 2.33. The van der Waals surface area contributed by atoms with E-state index in [1.54, 1.807) is 0 Å². The van der Waals surface area contributed by atoms with Crippen LogP contribution in [0, 0.1) is 0 Å². The van der Waals surface area contributed by atoms with Crippen LogP contribution in [0.4, 0.5) is 19.0 Å². The molecule has 1 aromatic rings. The molecule has 0 saturated carbocycles. The average Bonchev–Trinajstić information content (AvgIpc) is 2.67. The molecule has 0 aliphatic carbocycles. The summed E-state index contributed by atoms with van der Waals surface area (Å²) in [5.74, 6) is 0.288. The van der Waals surface area contributed by atoms with Crippen molar-refractivity contribution in [2.45, 2.75) is 25.1 Å². The largest absolute Gasteiger partial charge is 0.417 e. The molecular weight excluding hydrogens is 267 g/mol. The Bertz CT molecular complexity index is 442. The summed E-state index contributed by atoms with van der Waals surface area (Å²) in [6.45, 7) is 3.57. The highest BCUT2D eigenvalue weighted by molar-refractivity contribution is 6.33. The van der Waals surface area contributed by atoms with Crippen LogP contribution in [0.15, 0.2) is 12.3 Å². The molecule has 1 aliphatic heterocycles. The third-order valence-electron chi connectivity index (χ3n) is 2.96. The molecular formula is C11H13ClF3N3. The van der Waals surface area contributed by atoms with Gasteiger partial charge < -0.3 is 10.6 Å². The highest BCUT2D eigenvalue weighted by Gasteiger charge is 2.33. The Labute approximate surface area is 108 Å². The third kappa shape index (κ3) is 2.87. The molecule has 2 N–H and O–H groups in total. The molecule has 2 heterocycles. The van der Waals surface area contributed by atoms with E-state index in [1.807, 2.05) is 6.92 Å². The predicted molar refractivity (Wildman–Crippen MR) is 63.8 cm³/mol. The van der Waals surface area contributed by atoms with Gasteiger partial charge in [0.2, 0.25) is 0 Å². The third-order valence-corrected chi connectivity index (χ3v) is 3.25. The first-order valence-corrected chi connectivity index (χ1v) is 5.90. The van der Waals surface area contributed by atoms with Gasteiger partial charge in [-0.05, 0) is 26.0 Å². The van der Waals surface area contributed by atoms with Gasteiger partial charge in [-0.2, -0.15) is 13.2 Å². The molecule has 1 fully saturated rings. The molecule has 7 heteroatoms. The van der Waals surface area contributed by atoms with Gasteiger partial charge in [-0.3, -0.25) is 0 Å². The van der Waals surface area contributed by atoms with E-state index in [0.717, 1.165) is 31.8 Å².